The lowest BCUT2D eigenvalue weighted by atomic mass is 10.0. The van der Waals surface area contributed by atoms with Gasteiger partial charge in [0.1, 0.15) is 0 Å². The summed E-state index contributed by atoms with van der Waals surface area (Å²) in [5, 5.41) is 0. The molecular formula is C9H3F6IO. The molecule has 0 bridgehead atoms. The minimum Gasteiger partial charge on any atom is -0.298 e. The summed E-state index contributed by atoms with van der Waals surface area (Å²) in [6, 6.07) is 1.54. The Labute approximate surface area is 105 Å². The van der Waals surface area contributed by atoms with Crippen LogP contribution in [0.4, 0.5) is 26.3 Å². The van der Waals surface area contributed by atoms with Crippen LogP contribution in [0.5, 0.6) is 0 Å². The number of alkyl halides is 6. The molecular weight excluding hydrogens is 365 g/mol. The lowest BCUT2D eigenvalue weighted by Crippen LogP contribution is -2.20. The fourth-order valence-electron chi connectivity index (χ4n) is 1.27. The number of hydrogen-bond acceptors (Lipinski definition) is 1. The number of halogens is 7. The van der Waals surface area contributed by atoms with Gasteiger partial charge in [-0.2, -0.15) is 26.3 Å². The van der Waals surface area contributed by atoms with Crippen LogP contribution in [0, 0.1) is 3.57 Å². The molecule has 17 heavy (non-hydrogen) atoms. The predicted molar refractivity (Wildman–Crippen MR) is 54.6 cm³/mol. The molecule has 0 radical (unpaired) electrons. The van der Waals surface area contributed by atoms with Crippen molar-refractivity contribution in [1.29, 1.82) is 0 Å². The Hall–Kier alpha value is -0.800. The highest BCUT2D eigenvalue weighted by Crippen LogP contribution is 2.43. The molecule has 0 fully saturated rings. The summed E-state index contributed by atoms with van der Waals surface area (Å²) >= 11 is 1.15. The molecule has 0 spiro atoms. The molecule has 0 aliphatic carbocycles. The van der Waals surface area contributed by atoms with Gasteiger partial charge in [-0.1, -0.05) is 6.07 Å². The van der Waals surface area contributed by atoms with E-state index >= 15 is 0 Å². The van der Waals surface area contributed by atoms with Crippen LogP contribution in [0.1, 0.15) is 21.5 Å². The smallest absolute Gasteiger partial charge is 0.298 e. The second-order valence-corrected chi connectivity index (χ2v) is 4.16. The normalized spacial score (nSPS) is 12.6. The van der Waals surface area contributed by atoms with E-state index in [-0.39, 0.29) is 6.29 Å². The number of carbonyl (C=O) groups excluding carboxylic acids is 1. The molecule has 0 aliphatic rings. The summed E-state index contributed by atoms with van der Waals surface area (Å²) in [4.78, 5) is 10.4. The molecule has 0 saturated heterocycles. The zero-order valence-electron chi connectivity index (χ0n) is 7.79. The Kier molecular flexibility index (Phi) is 3.75. The molecule has 1 nitrogen and oxygen atoms in total. The van der Waals surface area contributed by atoms with Gasteiger partial charge in [-0.15, -0.1) is 0 Å². The lowest BCUT2D eigenvalue weighted by molar-refractivity contribution is -0.162. The van der Waals surface area contributed by atoms with Crippen molar-refractivity contribution >= 4 is 28.9 Å². The summed E-state index contributed by atoms with van der Waals surface area (Å²) in [6.07, 6.45) is -10.6. The maximum absolute atomic E-state index is 12.5. The van der Waals surface area contributed by atoms with Crippen LogP contribution in [0.2, 0.25) is 0 Å². The molecule has 0 heterocycles. The predicted octanol–water partition coefficient (Wildman–Crippen LogP) is 4.14. The van der Waals surface area contributed by atoms with Crippen molar-refractivity contribution in [3.8, 4) is 0 Å². The molecule has 0 aliphatic heterocycles. The summed E-state index contributed by atoms with van der Waals surface area (Å²) in [5.74, 6) is 0. The Morgan fingerprint density at radius 3 is 1.76 bits per heavy atom. The van der Waals surface area contributed by atoms with Crippen molar-refractivity contribution in [2.45, 2.75) is 12.4 Å². The van der Waals surface area contributed by atoms with Gasteiger partial charge in [0, 0.05) is 9.13 Å². The third-order valence-electron chi connectivity index (χ3n) is 1.88. The molecule has 1 aromatic rings. The topological polar surface area (TPSA) is 17.1 Å². The van der Waals surface area contributed by atoms with E-state index in [1.807, 2.05) is 0 Å². The molecule has 0 unspecified atom stereocenters. The van der Waals surface area contributed by atoms with Crippen molar-refractivity contribution in [2.24, 2.45) is 0 Å². The van der Waals surface area contributed by atoms with E-state index in [1.54, 1.807) is 0 Å². The minimum absolute atomic E-state index is 0.242. The number of carbonyl (C=O) groups is 1. The van der Waals surface area contributed by atoms with Crippen LogP contribution in [-0.2, 0) is 12.4 Å². The first-order valence-corrected chi connectivity index (χ1v) is 5.09. The average molecular weight is 368 g/mol. The monoisotopic (exact) mass is 368 g/mol. The zero-order valence-corrected chi connectivity index (χ0v) is 9.94. The second-order valence-electron chi connectivity index (χ2n) is 3.00. The van der Waals surface area contributed by atoms with Gasteiger partial charge in [0.25, 0.3) is 0 Å². The molecule has 8 heteroatoms. The summed E-state index contributed by atoms with van der Waals surface area (Å²) in [7, 11) is 0. The second kappa shape index (κ2) is 4.46. The molecule has 0 saturated carbocycles. The van der Waals surface area contributed by atoms with E-state index < -0.39 is 32.6 Å². The van der Waals surface area contributed by atoms with Crippen molar-refractivity contribution in [1.82, 2.24) is 0 Å². The Morgan fingerprint density at radius 1 is 0.941 bits per heavy atom. The van der Waals surface area contributed by atoms with Crippen molar-refractivity contribution in [3.63, 3.8) is 0 Å². The van der Waals surface area contributed by atoms with Crippen LogP contribution in [0.15, 0.2) is 12.1 Å². The SMILES string of the molecule is O=Cc1ccc(I)c(C(F)(F)F)c1C(F)(F)F. The molecule has 0 aromatic heterocycles. The zero-order chi connectivity index (χ0) is 13.4. The van der Waals surface area contributed by atoms with Gasteiger partial charge >= 0.3 is 12.4 Å². The highest BCUT2D eigenvalue weighted by molar-refractivity contribution is 14.1. The van der Waals surface area contributed by atoms with Crippen LogP contribution in [0.25, 0.3) is 0 Å². The first-order chi connectivity index (χ1) is 7.59. The fraction of sp³-hybridized carbons (Fsp3) is 0.222. The molecule has 0 N–H and O–H groups in total. The maximum atomic E-state index is 12.5. The van der Waals surface area contributed by atoms with E-state index in [2.05, 4.69) is 0 Å². The molecule has 0 atom stereocenters. The van der Waals surface area contributed by atoms with E-state index in [0.717, 1.165) is 28.7 Å². The fourth-order valence-corrected chi connectivity index (χ4v) is 2.03. The van der Waals surface area contributed by atoms with Crippen molar-refractivity contribution in [2.75, 3.05) is 0 Å². The molecule has 1 rings (SSSR count). The Morgan fingerprint density at radius 2 is 1.41 bits per heavy atom. The Balaban J connectivity index is 3.73. The highest BCUT2D eigenvalue weighted by atomic mass is 127. The number of benzene rings is 1. The van der Waals surface area contributed by atoms with Gasteiger partial charge in [-0.25, -0.2) is 0 Å². The van der Waals surface area contributed by atoms with Crippen LogP contribution in [0.3, 0.4) is 0 Å². The van der Waals surface area contributed by atoms with E-state index in [1.165, 1.54) is 0 Å². The largest absolute Gasteiger partial charge is 0.418 e. The van der Waals surface area contributed by atoms with Gasteiger partial charge < -0.3 is 0 Å². The quantitative estimate of drug-likeness (QED) is 0.414. The van der Waals surface area contributed by atoms with E-state index in [0.29, 0.717) is 6.07 Å². The van der Waals surface area contributed by atoms with Crippen LogP contribution in [-0.4, -0.2) is 6.29 Å². The standard InChI is InChI=1S/C9H3F6IO/c10-8(11,12)6-4(3-17)1-2-5(16)7(6)9(13,14)15/h1-3H. The molecule has 1 aromatic carbocycles. The molecule has 94 valence electrons. The summed E-state index contributed by atoms with van der Waals surface area (Å²) in [5.41, 5.74) is -4.78. The van der Waals surface area contributed by atoms with E-state index in [4.69, 9.17) is 0 Å². The van der Waals surface area contributed by atoms with Crippen molar-refractivity contribution < 1.29 is 31.1 Å². The van der Waals surface area contributed by atoms with E-state index in [9.17, 15) is 31.1 Å². The van der Waals surface area contributed by atoms with Gasteiger partial charge in [-0.05, 0) is 28.7 Å². The number of aldehydes is 1. The molecule has 0 amide bonds. The van der Waals surface area contributed by atoms with Crippen LogP contribution < -0.4 is 0 Å². The lowest BCUT2D eigenvalue weighted by Gasteiger charge is -2.18. The third kappa shape index (κ3) is 2.90. The first kappa shape index (κ1) is 14.3. The number of hydrogen-bond donors (Lipinski definition) is 0. The summed E-state index contributed by atoms with van der Waals surface area (Å²) < 4.78 is 74.6. The Bertz CT molecular complexity index is 448. The average Bonchev–Trinajstić information content (AvgIpc) is 2.13. The van der Waals surface area contributed by atoms with Crippen LogP contribution >= 0.6 is 22.6 Å². The summed E-state index contributed by atoms with van der Waals surface area (Å²) in [6.45, 7) is 0. The van der Waals surface area contributed by atoms with Crippen molar-refractivity contribution in [3.05, 3.63) is 32.4 Å². The van der Waals surface area contributed by atoms with Gasteiger partial charge in [0.15, 0.2) is 6.29 Å². The van der Waals surface area contributed by atoms with Gasteiger partial charge in [-0.3, -0.25) is 4.79 Å². The highest BCUT2D eigenvalue weighted by Gasteiger charge is 2.46. The maximum Gasteiger partial charge on any atom is 0.418 e. The van der Waals surface area contributed by atoms with Gasteiger partial charge in [0.05, 0.1) is 11.1 Å². The minimum atomic E-state index is -5.23. The van der Waals surface area contributed by atoms with Gasteiger partial charge in [0.2, 0.25) is 0 Å². The number of rotatable bonds is 1. The third-order valence-corrected chi connectivity index (χ3v) is 2.78. The first-order valence-electron chi connectivity index (χ1n) is 4.01.